The van der Waals surface area contributed by atoms with Gasteiger partial charge in [0.15, 0.2) is 0 Å². The van der Waals surface area contributed by atoms with E-state index in [9.17, 15) is 14.4 Å². The van der Waals surface area contributed by atoms with Crippen LogP contribution >= 0.6 is 0 Å². The van der Waals surface area contributed by atoms with Gasteiger partial charge in [0.25, 0.3) is 0 Å². The number of hydrogen-bond acceptors (Lipinski definition) is 5. The molecule has 0 saturated carbocycles. The van der Waals surface area contributed by atoms with E-state index in [2.05, 4.69) is 15.3 Å². The van der Waals surface area contributed by atoms with Crippen LogP contribution in [0.1, 0.15) is 44.9 Å². The zero-order chi connectivity index (χ0) is 19.6. The van der Waals surface area contributed by atoms with Crippen LogP contribution in [0.2, 0.25) is 0 Å². The van der Waals surface area contributed by atoms with Gasteiger partial charge in [-0.1, -0.05) is 6.92 Å². The molecule has 3 rings (SSSR count). The van der Waals surface area contributed by atoms with Crippen LogP contribution in [0.3, 0.4) is 0 Å². The number of likely N-dealkylation sites (tertiary alicyclic amines) is 1. The Morgan fingerprint density at radius 1 is 1.15 bits per heavy atom. The second-order valence-corrected chi connectivity index (χ2v) is 7.30. The first kappa shape index (κ1) is 19.6. The van der Waals surface area contributed by atoms with E-state index in [1.807, 2.05) is 18.7 Å². The van der Waals surface area contributed by atoms with Crippen molar-refractivity contribution < 1.29 is 9.59 Å². The average molecular weight is 378 g/mol. The van der Waals surface area contributed by atoms with Crippen molar-refractivity contribution >= 4 is 11.8 Å². The number of piperazine rings is 1. The second kappa shape index (κ2) is 8.24. The summed E-state index contributed by atoms with van der Waals surface area (Å²) < 4.78 is 3.10. The van der Waals surface area contributed by atoms with Crippen molar-refractivity contribution in [2.75, 3.05) is 32.7 Å². The monoisotopic (exact) mass is 378 g/mol. The first-order chi connectivity index (χ1) is 13.0. The maximum absolute atomic E-state index is 12.7. The molecule has 150 valence electrons. The molecule has 1 aromatic rings. The molecule has 2 fully saturated rings. The van der Waals surface area contributed by atoms with Crippen LogP contribution in [0.5, 0.6) is 0 Å². The minimum atomic E-state index is -0.366. The first-order valence-electron chi connectivity index (χ1n) is 9.89. The van der Waals surface area contributed by atoms with E-state index in [1.165, 1.54) is 4.68 Å². The molecule has 27 heavy (non-hydrogen) atoms. The highest BCUT2D eigenvalue weighted by molar-refractivity contribution is 5.88. The number of amides is 2. The highest BCUT2D eigenvalue weighted by Crippen LogP contribution is 2.27. The quantitative estimate of drug-likeness (QED) is 0.747. The molecule has 1 atom stereocenters. The van der Waals surface area contributed by atoms with Gasteiger partial charge < -0.3 is 10.2 Å². The van der Waals surface area contributed by atoms with Crippen LogP contribution in [0.15, 0.2) is 4.79 Å². The molecule has 9 nitrogen and oxygen atoms in total. The van der Waals surface area contributed by atoms with Crippen molar-refractivity contribution in [3.63, 3.8) is 0 Å². The van der Waals surface area contributed by atoms with Crippen LogP contribution < -0.4 is 11.0 Å². The van der Waals surface area contributed by atoms with Crippen molar-refractivity contribution in [3.8, 4) is 0 Å². The normalized spacial score (nSPS) is 22.1. The Balaban J connectivity index is 1.60. The van der Waals surface area contributed by atoms with Gasteiger partial charge in [-0.15, -0.1) is 0 Å². The molecule has 0 aliphatic carbocycles. The molecule has 0 bridgehead atoms. The number of carbonyl (C=O) groups is 2. The van der Waals surface area contributed by atoms with E-state index in [0.29, 0.717) is 26.2 Å². The number of aromatic nitrogens is 3. The van der Waals surface area contributed by atoms with Gasteiger partial charge in [0, 0.05) is 45.7 Å². The third-order valence-corrected chi connectivity index (χ3v) is 5.78. The van der Waals surface area contributed by atoms with Crippen molar-refractivity contribution in [1.82, 2.24) is 29.5 Å². The minimum Gasteiger partial charge on any atom is -0.353 e. The van der Waals surface area contributed by atoms with Crippen molar-refractivity contribution in [1.29, 1.82) is 0 Å². The average Bonchev–Trinajstić information content (AvgIpc) is 2.97. The molecule has 0 spiro atoms. The summed E-state index contributed by atoms with van der Waals surface area (Å²) in [5, 5.41) is 7.26. The van der Waals surface area contributed by atoms with E-state index in [0.717, 1.165) is 31.8 Å². The lowest BCUT2D eigenvalue weighted by Gasteiger charge is -2.36. The molecular weight excluding hydrogens is 348 g/mol. The Kier molecular flexibility index (Phi) is 5.98. The minimum absolute atomic E-state index is 0.0304. The van der Waals surface area contributed by atoms with Gasteiger partial charge in [-0.3, -0.25) is 19.1 Å². The van der Waals surface area contributed by atoms with Gasteiger partial charge in [0.1, 0.15) is 5.82 Å². The zero-order valence-corrected chi connectivity index (χ0v) is 16.5. The van der Waals surface area contributed by atoms with Crippen molar-refractivity contribution in [3.05, 3.63) is 16.3 Å². The number of nitrogens with zero attached hydrogens (tertiary/aromatic N) is 5. The van der Waals surface area contributed by atoms with Gasteiger partial charge in [-0.05, 0) is 26.3 Å². The van der Waals surface area contributed by atoms with E-state index in [4.69, 9.17) is 0 Å². The van der Waals surface area contributed by atoms with Crippen LogP contribution in [-0.4, -0.2) is 74.7 Å². The second-order valence-electron chi connectivity index (χ2n) is 7.30. The number of nitrogens with one attached hydrogen (secondary N) is 1. The van der Waals surface area contributed by atoms with E-state index in [-0.39, 0.29) is 35.9 Å². The van der Waals surface area contributed by atoms with E-state index in [1.54, 1.807) is 11.6 Å². The lowest BCUT2D eigenvalue weighted by atomic mass is 9.95. The summed E-state index contributed by atoms with van der Waals surface area (Å²) in [6, 6.07) is -0.366. The maximum Gasteiger partial charge on any atom is 0.345 e. The maximum atomic E-state index is 12.7. The predicted molar refractivity (Wildman–Crippen MR) is 100 cm³/mol. The fraction of sp³-hybridized carbons (Fsp3) is 0.778. The lowest BCUT2D eigenvalue weighted by Crippen LogP contribution is -2.56. The first-order valence-corrected chi connectivity index (χ1v) is 9.89. The third-order valence-electron chi connectivity index (χ3n) is 5.78. The molecule has 2 amide bonds. The highest BCUT2D eigenvalue weighted by atomic mass is 16.2. The van der Waals surface area contributed by atoms with Gasteiger partial charge in [0.2, 0.25) is 11.8 Å². The molecule has 0 aromatic carbocycles. The number of likely N-dealkylation sites (N-methyl/N-ethyl adjacent to an activating group) is 1. The Morgan fingerprint density at radius 2 is 1.85 bits per heavy atom. The number of carbonyl (C=O) groups excluding carboxylic acids is 2. The fourth-order valence-corrected chi connectivity index (χ4v) is 4.17. The standard InChI is InChI=1S/C18H30N6O3/c1-4-22-11-8-19-17(26)14(22)12-15(25)23-9-6-13(7-10-23)16-20-21(3)18(27)24(16)5-2/h13-14H,4-12H2,1-3H3,(H,19,26)/t14-/m1/s1. The van der Waals surface area contributed by atoms with Gasteiger partial charge >= 0.3 is 5.69 Å². The molecule has 0 unspecified atom stereocenters. The Labute approximate surface area is 159 Å². The summed E-state index contributed by atoms with van der Waals surface area (Å²) in [4.78, 5) is 40.9. The van der Waals surface area contributed by atoms with Crippen LogP contribution in [0.25, 0.3) is 0 Å². The van der Waals surface area contributed by atoms with Crippen LogP contribution in [-0.2, 0) is 23.2 Å². The SMILES string of the molecule is CCN1CCNC(=O)[C@H]1CC(=O)N1CCC(c2nn(C)c(=O)n2CC)CC1. The Morgan fingerprint density at radius 3 is 2.48 bits per heavy atom. The largest absolute Gasteiger partial charge is 0.353 e. The smallest absolute Gasteiger partial charge is 0.345 e. The van der Waals surface area contributed by atoms with E-state index < -0.39 is 0 Å². The Bertz CT molecular complexity index is 747. The van der Waals surface area contributed by atoms with Gasteiger partial charge in [0.05, 0.1) is 12.5 Å². The molecule has 2 aliphatic heterocycles. The highest BCUT2D eigenvalue weighted by Gasteiger charge is 2.34. The van der Waals surface area contributed by atoms with Gasteiger partial charge in [-0.2, -0.15) is 5.10 Å². The molecule has 1 N–H and O–H groups in total. The van der Waals surface area contributed by atoms with Crippen LogP contribution in [0.4, 0.5) is 0 Å². The summed E-state index contributed by atoms with van der Waals surface area (Å²) in [5.41, 5.74) is -0.0889. The number of rotatable bonds is 5. The molecule has 3 heterocycles. The van der Waals surface area contributed by atoms with E-state index >= 15 is 0 Å². The zero-order valence-electron chi connectivity index (χ0n) is 16.5. The predicted octanol–water partition coefficient (Wildman–Crippen LogP) is -0.482. The number of piperidine rings is 1. The van der Waals surface area contributed by atoms with Crippen molar-refractivity contribution in [2.45, 2.75) is 51.6 Å². The molecule has 0 radical (unpaired) electrons. The summed E-state index contributed by atoms with van der Waals surface area (Å²) in [7, 11) is 1.67. The Hall–Kier alpha value is -2.16. The molecule has 1 aromatic heterocycles. The van der Waals surface area contributed by atoms with Crippen molar-refractivity contribution in [2.24, 2.45) is 7.05 Å². The fourth-order valence-electron chi connectivity index (χ4n) is 4.17. The number of hydrogen-bond donors (Lipinski definition) is 1. The summed E-state index contributed by atoms with van der Waals surface area (Å²) in [6.07, 6.45) is 1.81. The summed E-state index contributed by atoms with van der Waals surface area (Å²) in [5.74, 6) is 0.989. The molecule has 2 saturated heterocycles. The molecule has 9 heteroatoms. The lowest BCUT2D eigenvalue weighted by molar-refractivity contribution is -0.139. The van der Waals surface area contributed by atoms with Crippen LogP contribution in [0, 0.1) is 0 Å². The molecule has 2 aliphatic rings. The topological polar surface area (TPSA) is 92.5 Å². The van der Waals surface area contributed by atoms with Gasteiger partial charge in [-0.25, -0.2) is 9.48 Å². The number of aryl methyl sites for hydroxylation is 1. The summed E-state index contributed by atoms with van der Waals surface area (Å²) in [6.45, 7) is 8.04. The molecular formula is C18H30N6O3. The third kappa shape index (κ3) is 3.92. The summed E-state index contributed by atoms with van der Waals surface area (Å²) >= 11 is 0.